The Bertz CT molecular complexity index is 402. The molecule has 1 aliphatic rings. The molecule has 1 fully saturated rings. The number of halogens is 4. The van der Waals surface area contributed by atoms with Crippen LogP contribution in [0.2, 0.25) is 0 Å². The van der Waals surface area contributed by atoms with E-state index >= 15 is 0 Å². The van der Waals surface area contributed by atoms with E-state index in [2.05, 4.69) is 31.0 Å². The highest BCUT2D eigenvalue weighted by Gasteiger charge is 2.33. The van der Waals surface area contributed by atoms with Crippen LogP contribution in [0.5, 0.6) is 0 Å². The molecular weight excluding hydrogens is 323 g/mol. The molecule has 0 bridgehead atoms. The number of rotatable bonds is 4. The summed E-state index contributed by atoms with van der Waals surface area (Å²) in [6.45, 7) is 0.727. The summed E-state index contributed by atoms with van der Waals surface area (Å²) in [6, 6.07) is 2.78. The predicted octanol–water partition coefficient (Wildman–Crippen LogP) is 3.64. The number of alkyl halides is 4. The molecule has 1 heterocycles. The van der Waals surface area contributed by atoms with E-state index in [1.54, 1.807) is 0 Å². The van der Waals surface area contributed by atoms with Crippen molar-refractivity contribution >= 4 is 21.7 Å². The molecule has 0 spiro atoms. The third kappa shape index (κ3) is 3.58. The summed E-state index contributed by atoms with van der Waals surface area (Å²) in [5.41, 5.74) is -0.943. The topological polar surface area (TPSA) is 29.0 Å². The van der Waals surface area contributed by atoms with Gasteiger partial charge in [0, 0.05) is 17.9 Å². The minimum absolute atomic E-state index is 0.364. The smallest absolute Gasteiger partial charge is 0.351 e. The maximum atomic E-state index is 12.4. The van der Waals surface area contributed by atoms with Gasteiger partial charge in [-0.15, -0.1) is 10.2 Å². The van der Waals surface area contributed by atoms with Crippen molar-refractivity contribution in [2.75, 3.05) is 16.8 Å². The number of hydrogen-bond acceptors (Lipinski definition) is 3. The molecule has 7 heteroatoms. The average Bonchev–Trinajstić information content (AvgIpc) is 2.89. The molecule has 0 amide bonds. The zero-order chi connectivity index (χ0) is 13.9. The van der Waals surface area contributed by atoms with Crippen LogP contribution in [-0.4, -0.2) is 28.1 Å². The van der Waals surface area contributed by atoms with Crippen LogP contribution in [0.3, 0.4) is 0 Å². The number of hydrogen-bond donors (Lipinski definition) is 0. The van der Waals surface area contributed by atoms with E-state index in [-0.39, 0.29) is 0 Å². The van der Waals surface area contributed by atoms with Crippen molar-refractivity contribution in [1.82, 2.24) is 10.2 Å². The van der Waals surface area contributed by atoms with Crippen LogP contribution in [0.15, 0.2) is 12.1 Å². The lowest BCUT2D eigenvalue weighted by molar-refractivity contribution is -0.141. The zero-order valence-corrected chi connectivity index (χ0v) is 11.9. The van der Waals surface area contributed by atoms with Crippen molar-refractivity contribution in [3.63, 3.8) is 0 Å². The van der Waals surface area contributed by atoms with Gasteiger partial charge in [0.15, 0.2) is 11.5 Å². The average molecular weight is 338 g/mol. The maximum Gasteiger partial charge on any atom is 0.435 e. The van der Waals surface area contributed by atoms with Crippen LogP contribution in [-0.2, 0) is 6.18 Å². The minimum Gasteiger partial charge on any atom is -0.351 e. The van der Waals surface area contributed by atoms with Gasteiger partial charge >= 0.3 is 6.18 Å². The van der Waals surface area contributed by atoms with Crippen molar-refractivity contribution in [1.29, 1.82) is 0 Å². The molecule has 0 saturated heterocycles. The highest BCUT2D eigenvalue weighted by atomic mass is 79.9. The predicted molar refractivity (Wildman–Crippen MR) is 70.4 cm³/mol. The van der Waals surface area contributed by atoms with Crippen LogP contribution in [0, 0.1) is 0 Å². The highest BCUT2D eigenvalue weighted by molar-refractivity contribution is 9.09. The second-order valence-electron chi connectivity index (χ2n) is 4.60. The molecule has 2 rings (SSSR count). The van der Waals surface area contributed by atoms with E-state index in [4.69, 9.17) is 0 Å². The minimum atomic E-state index is -4.43. The normalized spacial score (nSPS) is 16.8. The Labute approximate surface area is 118 Å². The second-order valence-corrected chi connectivity index (χ2v) is 5.39. The van der Waals surface area contributed by atoms with Gasteiger partial charge in [-0.1, -0.05) is 28.8 Å². The zero-order valence-electron chi connectivity index (χ0n) is 10.3. The van der Waals surface area contributed by atoms with Crippen LogP contribution in [0.1, 0.15) is 31.4 Å². The van der Waals surface area contributed by atoms with Crippen LogP contribution in [0.4, 0.5) is 19.0 Å². The molecule has 0 atom stereocenters. The Balaban J connectivity index is 2.17. The number of anilines is 1. The summed E-state index contributed by atoms with van der Waals surface area (Å²) >= 11 is 3.37. The summed E-state index contributed by atoms with van der Waals surface area (Å²) in [6.07, 6.45) is 0.0274. The van der Waals surface area contributed by atoms with Gasteiger partial charge in [-0.25, -0.2) is 0 Å². The SMILES string of the molecule is FC(F)(F)c1ccc(N(CCBr)C2CCCC2)nn1. The Morgan fingerprint density at radius 3 is 2.37 bits per heavy atom. The fourth-order valence-corrected chi connectivity index (χ4v) is 2.80. The summed E-state index contributed by atoms with van der Waals surface area (Å²) in [5.74, 6) is 0.527. The largest absolute Gasteiger partial charge is 0.435 e. The van der Waals surface area contributed by atoms with Gasteiger partial charge < -0.3 is 4.90 Å². The Hall–Kier alpha value is -0.850. The molecule has 19 heavy (non-hydrogen) atoms. The van der Waals surface area contributed by atoms with E-state index in [9.17, 15) is 13.2 Å². The summed E-state index contributed by atoms with van der Waals surface area (Å²) in [5, 5.41) is 7.79. The van der Waals surface area contributed by atoms with Crippen molar-refractivity contribution in [3.05, 3.63) is 17.8 Å². The summed E-state index contributed by atoms with van der Waals surface area (Å²) in [7, 11) is 0. The summed E-state index contributed by atoms with van der Waals surface area (Å²) in [4.78, 5) is 2.05. The van der Waals surface area contributed by atoms with E-state index in [0.29, 0.717) is 11.9 Å². The van der Waals surface area contributed by atoms with Gasteiger partial charge in [0.1, 0.15) is 0 Å². The van der Waals surface area contributed by atoms with Gasteiger partial charge in [0.25, 0.3) is 0 Å². The van der Waals surface area contributed by atoms with Crippen LogP contribution < -0.4 is 4.90 Å². The van der Waals surface area contributed by atoms with Crippen molar-refractivity contribution in [3.8, 4) is 0 Å². The lowest BCUT2D eigenvalue weighted by Gasteiger charge is -2.29. The fourth-order valence-electron chi connectivity index (χ4n) is 2.42. The third-order valence-corrected chi connectivity index (χ3v) is 3.68. The van der Waals surface area contributed by atoms with E-state index in [1.165, 1.54) is 6.07 Å². The van der Waals surface area contributed by atoms with Crippen LogP contribution in [0.25, 0.3) is 0 Å². The molecule has 1 saturated carbocycles. The second kappa shape index (κ2) is 6.07. The highest BCUT2D eigenvalue weighted by Crippen LogP contribution is 2.30. The van der Waals surface area contributed by atoms with Gasteiger partial charge in [0.05, 0.1) is 0 Å². The maximum absolute atomic E-state index is 12.4. The van der Waals surface area contributed by atoms with Gasteiger partial charge in [-0.05, 0) is 25.0 Å². The van der Waals surface area contributed by atoms with E-state index < -0.39 is 11.9 Å². The first-order chi connectivity index (χ1) is 9.02. The standard InChI is InChI=1S/C12H15BrF3N3/c13-7-8-19(9-3-1-2-4-9)11-6-5-10(17-18-11)12(14,15)16/h5-6,9H,1-4,7-8H2. The lowest BCUT2D eigenvalue weighted by Crippen LogP contribution is -2.35. The molecular formula is C12H15BrF3N3. The van der Waals surface area contributed by atoms with Crippen molar-refractivity contribution in [2.24, 2.45) is 0 Å². The molecule has 1 aromatic heterocycles. The molecule has 1 aromatic rings. The molecule has 106 valence electrons. The van der Waals surface area contributed by atoms with E-state index in [0.717, 1.165) is 43.6 Å². The number of nitrogens with zero attached hydrogens (tertiary/aromatic N) is 3. The van der Waals surface area contributed by atoms with E-state index in [1.807, 2.05) is 0 Å². The number of aromatic nitrogens is 2. The van der Waals surface area contributed by atoms with Crippen molar-refractivity contribution in [2.45, 2.75) is 37.9 Å². The molecule has 1 aliphatic carbocycles. The molecule has 0 N–H and O–H groups in total. The first kappa shape index (κ1) is 14.6. The molecule has 0 unspecified atom stereocenters. The van der Waals surface area contributed by atoms with Gasteiger partial charge in [-0.2, -0.15) is 13.2 Å². The Morgan fingerprint density at radius 1 is 1.21 bits per heavy atom. The Morgan fingerprint density at radius 2 is 1.89 bits per heavy atom. The monoisotopic (exact) mass is 337 g/mol. The molecule has 3 nitrogen and oxygen atoms in total. The molecule has 0 radical (unpaired) electrons. The molecule has 0 aliphatic heterocycles. The third-order valence-electron chi connectivity index (χ3n) is 3.33. The fraction of sp³-hybridized carbons (Fsp3) is 0.667. The Kier molecular flexibility index (Phi) is 4.65. The summed E-state index contributed by atoms with van der Waals surface area (Å²) < 4.78 is 37.3. The van der Waals surface area contributed by atoms with Gasteiger partial charge in [0.2, 0.25) is 0 Å². The van der Waals surface area contributed by atoms with Gasteiger partial charge in [-0.3, -0.25) is 0 Å². The quantitative estimate of drug-likeness (QED) is 0.785. The molecule has 0 aromatic carbocycles. The van der Waals surface area contributed by atoms with Crippen LogP contribution >= 0.6 is 15.9 Å². The first-order valence-electron chi connectivity index (χ1n) is 6.26. The van der Waals surface area contributed by atoms with Crippen molar-refractivity contribution < 1.29 is 13.2 Å². The lowest BCUT2D eigenvalue weighted by atomic mass is 10.2. The first-order valence-corrected chi connectivity index (χ1v) is 7.38.